The van der Waals surface area contributed by atoms with E-state index in [-0.39, 0.29) is 0 Å². The molecule has 0 saturated carbocycles. The molecule has 29 heavy (non-hydrogen) atoms. The highest BCUT2D eigenvalue weighted by Gasteiger charge is 2.12. The summed E-state index contributed by atoms with van der Waals surface area (Å²) in [4.78, 5) is 26.3. The number of nitrogens with one attached hydrogen (secondary N) is 2. The summed E-state index contributed by atoms with van der Waals surface area (Å²) in [7, 11) is 0. The molecule has 3 rings (SSSR count). The fraction of sp³-hybridized carbons (Fsp3) is 0.417. The summed E-state index contributed by atoms with van der Waals surface area (Å²) in [5, 5.41) is 5.38. The average molecular weight is 394 g/mol. The van der Waals surface area contributed by atoms with Crippen molar-refractivity contribution in [2.75, 3.05) is 31.1 Å². The third kappa shape index (κ3) is 6.93. The smallest absolute Gasteiger partial charge is 0.309 e. The second kappa shape index (κ2) is 11.2. The van der Waals surface area contributed by atoms with E-state index in [9.17, 15) is 9.59 Å². The van der Waals surface area contributed by atoms with Crippen LogP contribution in [0.2, 0.25) is 0 Å². The lowest BCUT2D eigenvalue weighted by Gasteiger charge is -2.22. The zero-order valence-electron chi connectivity index (χ0n) is 17.0. The van der Waals surface area contributed by atoms with Crippen LogP contribution in [0.1, 0.15) is 36.8 Å². The first-order chi connectivity index (χ1) is 14.2. The van der Waals surface area contributed by atoms with E-state index < -0.39 is 11.8 Å². The molecule has 154 valence electrons. The van der Waals surface area contributed by atoms with Gasteiger partial charge in [-0.2, -0.15) is 0 Å². The van der Waals surface area contributed by atoms with Crippen LogP contribution in [-0.4, -0.2) is 38.0 Å². The zero-order chi connectivity index (χ0) is 20.3. The topological polar surface area (TPSA) is 61.4 Å². The molecule has 1 saturated heterocycles. The normalized spacial score (nSPS) is 14.1. The van der Waals surface area contributed by atoms with Crippen molar-refractivity contribution in [3.05, 3.63) is 65.7 Å². The van der Waals surface area contributed by atoms with Gasteiger partial charge in [-0.25, -0.2) is 0 Å². The number of nitrogens with zero attached hydrogens (tertiary/aromatic N) is 1. The fourth-order valence-electron chi connectivity index (χ4n) is 3.65. The van der Waals surface area contributed by atoms with Crippen LogP contribution < -0.4 is 15.5 Å². The third-order valence-corrected chi connectivity index (χ3v) is 5.36. The molecule has 1 aliphatic rings. The van der Waals surface area contributed by atoms with Gasteiger partial charge in [-0.05, 0) is 48.9 Å². The molecule has 0 radical (unpaired) electrons. The van der Waals surface area contributed by atoms with Crippen LogP contribution in [0.4, 0.5) is 5.69 Å². The van der Waals surface area contributed by atoms with Crippen LogP contribution in [0, 0.1) is 0 Å². The number of carbonyl (C=O) groups is 2. The van der Waals surface area contributed by atoms with Gasteiger partial charge in [0, 0.05) is 31.9 Å². The van der Waals surface area contributed by atoms with Crippen molar-refractivity contribution in [1.82, 2.24) is 10.6 Å². The molecule has 0 bridgehead atoms. The second-order valence-electron chi connectivity index (χ2n) is 7.57. The molecule has 2 N–H and O–H groups in total. The van der Waals surface area contributed by atoms with E-state index >= 15 is 0 Å². The Hall–Kier alpha value is -2.82. The van der Waals surface area contributed by atoms with Gasteiger partial charge in [-0.1, -0.05) is 55.3 Å². The van der Waals surface area contributed by atoms with Gasteiger partial charge in [0.1, 0.15) is 0 Å². The van der Waals surface area contributed by atoms with Crippen molar-refractivity contribution in [3.8, 4) is 0 Å². The first-order valence-electron chi connectivity index (χ1n) is 10.7. The average Bonchev–Trinajstić information content (AvgIpc) is 3.04. The molecule has 1 aliphatic heterocycles. The van der Waals surface area contributed by atoms with Crippen LogP contribution in [0.3, 0.4) is 0 Å². The van der Waals surface area contributed by atoms with Gasteiger partial charge < -0.3 is 15.5 Å². The molecular formula is C24H31N3O2. The van der Waals surface area contributed by atoms with Gasteiger partial charge in [-0.3, -0.25) is 9.59 Å². The summed E-state index contributed by atoms with van der Waals surface area (Å²) >= 11 is 0. The van der Waals surface area contributed by atoms with E-state index in [4.69, 9.17) is 0 Å². The molecule has 5 heteroatoms. The molecule has 0 unspecified atom stereocenters. The first kappa shape index (κ1) is 20.9. The number of carbonyl (C=O) groups excluding carboxylic acids is 2. The SMILES string of the molecule is O=C(NCCc1ccccc1)C(=O)NCCc1ccc(N2CCCCCC2)cc1. The van der Waals surface area contributed by atoms with Crippen molar-refractivity contribution in [1.29, 1.82) is 0 Å². The Labute approximate surface area is 173 Å². The predicted molar refractivity (Wildman–Crippen MR) is 117 cm³/mol. The summed E-state index contributed by atoms with van der Waals surface area (Å²) in [6, 6.07) is 18.5. The highest BCUT2D eigenvalue weighted by atomic mass is 16.2. The van der Waals surface area contributed by atoms with E-state index in [0.29, 0.717) is 25.9 Å². The van der Waals surface area contributed by atoms with Crippen LogP contribution >= 0.6 is 0 Å². The Balaban J connectivity index is 1.35. The maximum absolute atomic E-state index is 11.9. The molecular weight excluding hydrogens is 362 g/mol. The van der Waals surface area contributed by atoms with Gasteiger partial charge in [0.15, 0.2) is 0 Å². The molecule has 0 spiro atoms. The first-order valence-corrected chi connectivity index (χ1v) is 10.7. The molecule has 1 heterocycles. The maximum Gasteiger partial charge on any atom is 0.309 e. The summed E-state index contributed by atoms with van der Waals surface area (Å²) < 4.78 is 0. The predicted octanol–water partition coefficient (Wildman–Crippen LogP) is 3.08. The van der Waals surface area contributed by atoms with E-state index in [0.717, 1.165) is 24.2 Å². The van der Waals surface area contributed by atoms with Crippen LogP contribution in [0.25, 0.3) is 0 Å². The molecule has 2 aromatic rings. The van der Waals surface area contributed by atoms with E-state index in [2.05, 4.69) is 39.8 Å². The Morgan fingerprint density at radius 1 is 0.690 bits per heavy atom. The Bertz CT molecular complexity index is 766. The maximum atomic E-state index is 11.9. The summed E-state index contributed by atoms with van der Waals surface area (Å²) in [6.45, 7) is 3.17. The van der Waals surface area contributed by atoms with E-state index in [1.54, 1.807) is 0 Å². The number of hydrogen-bond donors (Lipinski definition) is 2. The lowest BCUT2D eigenvalue weighted by molar-refractivity contribution is -0.139. The summed E-state index contributed by atoms with van der Waals surface area (Å²) in [6.07, 6.45) is 6.61. The summed E-state index contributed by atoms with van der Waals surface area (Å²) in [5.41, 5.74) is 3.57. The molecule has 1 fully saturated rings. The van der Waals surface area contributed by atoms with Crippen molar-refractivity contribution < 1.29 is 9.59 Å². The minimum absolute atomic E-state index is 0.452. The minimum Gasteiger partial charge on any atom is -0.372 e. The zero-order valence-corrected chi connectivity index (χ0v) is 17.0. The van der Waals surface area contributed by atoms with Gasteiger partial charge in [0.25, 0.3) is 0 Å². The summed E-state index contributed by atoms with van der Waals surface area (Å²) in [5.74, 6) is -1.14. The van der Waals surface area contributed by atoms with Gasteiger partial charge in [0.05, 0.1) is 0 Å². The highest BCUT2D eigenvalue weighted by Crippen LogP contribution is 2.20. The highest BCUT2D eigenvalue weighted by molar-refractivity contribution is 6.35. The van der Waals surface area contributed by atoms with Crippen molar-refractivity contribution in [2.45, 2.75) is 38.5 Å². The lowest BCUT2D eigenvalue weighted by Crippen LogP contribution is -2.41. The monoisotopic (exact) mass is 393 g/mol. The lowest BCUT2D eigenvalue weighted by atomic mass is 10.1. The Morgan fingerprint density at radius 3 is 1.76 bits per heavy atom. The number of amides is 2. The van der Waals surface area contributed by atoms with Crippen molar-refractivity contribution in [2.24, 2.45) is 0 Å². The largest absolute Gasteiger partial charge is 0.372 e. The fourth-order valence-corrected chi connectivity index (χ4v) is 3.65. The van der Waals surface area contributed by atoms with Gasteiger partial charge in [0.2, 0.25) is 0 Å². The molecule has 2 aromatic carbocycles. The molecule has 0 atom stereocenters. The van der Waals surface area contributed by atoms with Crippen LogP contribution in [-0.2, 0) is 22.4 Å². The standard InChI is InChI=1S/C24H31N3O2/c28-23(25-16-14-20-8-4-3-5-9-20)24(29)26-17-15-21-10-12-22(13-11-21)27-18-6-1-2-7-19-27/h3-5,8-13H,1-2,6-7,14-19H2,(H,25,28)(H,26,29). The van der Waals surface area contributed by atoms with Crippen LogP contribution in [0.5, 0.6) is 0 Å². The molecule has 5 nitrogen and oxygen atoms in total. The molecule has 2 amide bonds. The van der Waals surface area contributed by atoms with Crippen molar-refractivity contribution in [3.63, 3.8) is 0 Å². The number of hydrogen-bond acceptors (Lipinski definition) is 3. The second-order valence-corrected chi connectivity index (χ2v) is 7.57. The quantitative estimate of drug-likeness (QED) is 0.711. The Morgan fingerprint density at radius 2 is 1.21 bits per heavy atom. The third-order valence-electron chi connectivity index (χ3n) is 5.36. The molecule has 0 aliphatic carbocycles. The Kier molecular flexibility index (Phi) is 8.11. The van der Waals surface area contributed by atoms with E-state index in [1.807, 2.05) is 30.3 Å². The van der Waals surface area contributed by atoms with Crippen molar-refractivity contribution >= 4 is 17.5 Å². The van der Waals surface area contributed by atoms with E-state index in [1.165, 1.54) is 31.4 Å². The number of anilines is 1. The number of benzene rings is 2. The molecule has 0 aromatic heterocycles. The van der Waals surface area contributed by atoms with Gasteiger partial charge in [-0.15, -0.1) is 0 Å². The van der Waals surface area contributed by atoms with Crippen LogP contribution in [0.15, 0.2) is 54.6 Å². The minimum atomic E-state index is -0.572. The number of rotatable bonds is 7. The van der Waals surface area contributed by atoms with Gasteiger partial charge >= 0.3 is 11.8 Å².